The molecule has 0 heterocycles. The molecule has 0 aliphatic rings. The van der Waals surface area contributed by atoms with E-state index in [4.69, 9.17) is 22.1 Å². The molecule has 1 rings (SSSR count). The minimum Gasteiger partial charge on any atom is -0.375 e. The van der Waals surface area contributed by atoms with Crippen molar-refractivity contribution in [3.8, 4) is 0 Å². The van der Waals surface area contributed by atoms with Crippen molar-refractivity contribution in [2.24, 2.45) is 5.73 Å². The number of hydrogen-bond donors (Lipinski definition) is 1. The van der Waals surface area contributed by atoms with E-state index in [-0.39, 0.29) is 17.8 Å². The van der Waals surface area contributed by atoms with Crippen molar-refractivity contribution in [2.75, 3.05) is 13.2 Å². The van der Waals surface area contributed by atoms with Crippen LogP contribution in [-0.2, 0) is 11.3 Å². The third-order valence-corrected chi connectivity index (χ3v) is 1.97. The molecule has 80 valence electrons. The van der Waals surface area contributed by atoms with Crippen molar-refractivity contribution in [1.29, 1.82) is 0 Å². The van der Waals surface area contributed by atoms with Gasteiger partial charge < -0.3 is 10.5 Å². The summed E-state index contributed by atoms with van der Waals surface area (Å²) >= 11 is 5.78. The molecule has 0 aromatic heterocycles. The quantitative estimate of drug-likeness (QED) is 0.795. The van der Waals surface area contributed by atoms with Crippen LogP contribution in [0.3, 0.4) is 0 Å². The maximum Gasteiger partial charge on any atom is 0.0717 e. The molecule has 1 aromatic carbocycles. The van der Waals surface area contributed by atoms with E-state index in [1.807, 2.05) is 30.3 Å². The van der Waals surface area contributed by atoms with Gasteiger partial charge in [0, 0.05) is 6.54 Å². The molecule has 2 N–H and O–H groups in total. The Morgan fingerprint density at radius 1 is 1.29 bits per heavy atom. The van der Waals surface area contributed by atoms with Gasteiger partial charge in [-0.2, -0.15) is 0 Å². The molecule has 0 aliphatic carbocycles. The van der Waals surface area contributed by atoms with E-state index in [0.717, 1.165) is 5.56 Å². The van der Waals surface area contributed by atoms with Crippen LogP contribution in [0, 0.1) is 0 Å². The molecule has 0 aliphatic heterocycles. The summed E-state index contributed by atoms with van der Waals surface area (Å²) in [5.74, 6) is 0. The number of halogens is 2. The van der Waals surface area contributed by atoms with Crippen LogP contribution in [0.4, 0.5) is 0 Å². The summed E-state index contributed by atoms with van der Waals surface area (Å²) in [6, 6.07) is 9.99. The average Bonchev–Trinajstić information content (AvgIpc) is 2.19. The predicted octanol–water partition coefficient (Wildman–Crippen LogP) is 2.19. The van der Waals surface area contributed by atoms with Crippen LogP contribution in [0.1, 0.15) is 5.56 Å². The molecular weight excluding hydrogens is 221 g/mol. The van der Waals surface area contributed by atoms with Gasteiger partial charge in [-0.3, -0.25) is 0 Å². The van der Waals surface area contributed by atoms with E-state index in [1.165, 1.54) is 0 Å². The molecule has 0 spiro atoms. The molecule has 1 aromatic rings. The van der Waals surface area contributed by atoms with Crippen molar-refractivity contribution in [3.63, 3.8) is 0 Å². The molecule has 1 unspecified atom stereocenters. The van der Waals surface area contributed by atoms with E-state index in [0.29, 0.717) is 19.8 Å². The van der Waals surface area contributed by atoms with Gasteiger partial charge in [-0.05, 0) is 5.56 Å². The fraction of sp³-hybridized carbons (Fsp3) is 0.400. The summed E-state index contributed by atoms with van der Waals surface area (Å²) in [4.78, 5) is 0. The molecule has 0 radical (unpaired) electrons. The number of benzene rings is 1. The summed E-state index contributed by atoms with van der Waals surface area (Å²) in [6.07, 6.45) is 0. The molecule has 1 atom stereocenters. The third-order valence-electron chi connectivity index (χ3n) is 1.67. The Morgan fingerprint density at radius 3 is 2.50 bits per heavy atom. The molecule has 0 bridgehead atoms. The molecule has 0 fully saturated rings. The van der Waals surface area contributed by atoms with Gasteiger partial charge in [-0.1, -0.05) is 30.3 Å². The van der Waals surface area contributed by atoms with Gasteiger partial charge in [0.15, 0.2) is 0 Å². The Morgan fingerprint density at radius 2 is 1.93 bits per heavy atom. The first-order valence-electron chi connectivity index (χ1n) is 4.28. The third kappa shape index (κ3) is 5.45. The largest absolute Gasteiger partial charge is 0.375 e. The lowest BCUT2D eigenvalue weighted by Crippen LogP contribution is -2.19. The lowest BCUT2D eigenvalue weighted by Gasteiger charge is -2.07. The minimum absolute atomic E-state index is 0. The van der Waals surface area contributed by atoms with Gasteiger partial charge in [0.1, 0.15) is 0 Å². The van der Waals surface area contributed by atoms with E-state index < -0.39 is 0 Å². The van der Waals surface area contributed by atoms with Gasteiger partial charge in [-0.15, -0.1) is 24.0 Å². The van der Waals surface area contributed by atoms with E-state index in [1.54, 1.807) is 0 Å². The Labute approximate surface area is 95.8 Å². The average molecular weight is 236 g/mol. The zero-order valence-corrected chi connectivity index (χ0v) is 9.43. The maximum atomic E-state index is 5.78. The monoisotopic (exact) mass is 235 g/mol. The standard InChI is InChI=1S/C10H14ClNO.ClH/c11-10(6-12)8-13-7-9-4-2-1-3-5-9;/h1-5,10H,6-8,12H2;1H. The van der Waals surface area contributed by atoms with E-state index in [2.05, 4.69) is 0 Å². The van der Waals surface area contributed by atoms with Crippen molar-refractivity contribution in [1.82, 2.24) is 0 Å². The van der Waals surface area contributed by atoms with Crippen LogP contribution in [-0.4, -0.2) is 18.5 Å². The Hall–Kier alpha value is -0.280. The van der Waals surface area contributed by atoms with E-state index in [9.17, 15) is 0 Å². The van der Waals surface area contributed by atoms with Gasteiger partial charge in [0.25, 0.3) is 0 Å². The predicted molar refractivity (Wildman–Crippen MR) is 62.0 cm³/mol. The fourth-order valence-electron chi connectivity index (χ4n) is 0.947. The van der Waals surface area contributed by atoms with Gasteiger partial charge in [-0.25, -0.2) is 0 Å². The molecular formula is C10H15Cl2NO. The summed E-state index contributed by atoms with van der Waals surface area (Å²) in [5.41, 5.74) is 6.50. The van der Waals surface area contributed by atoms with Crippen LogP contribution in [0.15, 0.2) is 30.3 Å². The second-order valence-corrected chi connectivity index (χ2v) is 3.45. The summed E-state index contributed by atoms with van der Waals surface area (Å²) in [6.45, 7) is 1.56. The summed E-state index contributed by atoms with van der Waals surface area (Å²) in [5, 5.41) is -0.0799. The highest BCUT2D eigenvalue weighted by Gasteiger charge is 2.00. The first-order chi connectivity index (χ1) is 6.33. The highest BCUT2D eigenvalue weighted by Crippen LogP contribution is 2.02. The highest BCUT2D eigenvalue weighted by atomic mass is 35.5. The summed E-state index contributed by atoms with van der Waals surface area (Å²) < 4.78 is 5.36. The highest BCUT2D eigenvalue weighted by molar-refractivity contribution is 6.20. The van der Waals surface area contributed by atoms with Crippen LogP contribution < -0.4 is 5.73 Å². The number of alkyl halides is 1. The van der Waals surface area contributed by atoms with Crippen LogP contribution >= 0.6 is 24.0 Å². The minimum atomic E-state index is -0.0799. The maximum absolute atomic E-state index is 5.78. The topological polar surface area (TPSA) is 35.2 Å². The molecule has 0 amide bonds. The SMILES string of the molecule is Cl.NCC(Cl)COCc1ccccc1. The lowest BCUT2D eigenvalue weighted by molar-refractivity contribution is 0.122. The zero-order valence-electron chi connectivity index (χ0n) is 7.86. The van der Waals surface area contributed by atoms with E-state index >= 15 is 0 Å². The van der Waals surface area contributed by atoms with Crippen molar-refractivity contribution in [2.45, 2.75) is 12.0 Å². The van der Waals surface area contributed by atoms with Crippen molar-refractivity contribution < 1.29 is 4.74 Å². The molecule has 4 heteroatoms. The van der Waals surface area contributed by atoms with Crippen molar-refractivity contribution in [3.05, 3.63) is 35.9 Å². The second kappa shape index (κ2) is 8.06. The van der Waals surface area contributed by atoms with Gasteiger partial charge in [0.2, 0.25) is 0 Å². The molecule has 2 nitrogen and oxygen atoms in total. The van der Waals surface area contributed by atoms with Gasteiger partial charge in [0.05, 0.1) is 18.6 Å². The molecule has 0 saturated carbocycles. The van der Waals surface area contributed by atoms with Crippen molar-refractivity contribution >= 4 is 24.0 Å². The van der Waals surface area contributed by atoms with Crippen LogP contribution in [0.25, 0.3) is 0 Å². The Bertz CT molecular complexity index is 231. The fourth-order valence-corrected chi connectivity index (χ4v) is 1.04. The van der Waals surface area contributed by atoms with Gasteiger partial charge >= 0.3 is 0 Å². The summed E-state index contributed by atoms with van der Waals surface area (Å²) in [7, 11) is 0. The second-order valence-electron chi connectivity index (χ2n) is 2.83. The van der Waals surface area contributed by atoms with Crippen LogP contribution in [0.5, 0.6) is 0 Å². The van der Waals surface area contributed by atoms with Crippen LogP contribution in [0.2, 0.25) is 0 Å². The first kappa shape index (κ1) is 13.7. The smallest absolute Gasteiger partial charge is 0.0717 e. The molecule has 14 heavy (non-hydrogen) atoms. The lowest BCUT2D eigenvalue weighted by atomic mass is 10.2. The number of nitrogens with two attached hydrogens (primary N) is 1. The zero-order chi connectivity index (χ0) is 9.52. The molecule has 0 saturated heterocycles. The number of hydrogen-bond acceptors (Lipinski definition) is 2. The first-order valence-corrected chi connectivity index (χ1v) is 4.72. The number of rotatable bonds is 5. The Balaban J connectivity index is 0.00000169. The normalized spacial score (nSPS) is 11.9. The number of ether oxygens (including phenoxy) is 1. The Kier molecular flexibility index (Phi) is 7.90.